The van der Waals surface area contributed by atoms with Gasteiger partial charge in [-0.25, -0.2) is 0 Å². The topological polar surface area (TPSA) is 66.0 Å². The van der Waals surface area contributed by atoms with E-state index >= 15 is 0 Å². The summed E-state index contributed by atoms with van der Waals surface area (Å²) in [5.74, 6) is 2.37. The normalized spacial score (nSPS) is 16.2. The number of hydrogen-bond acceptors (Lipinski definition) is 5. The van der Waals surface area contributed by atoms with Crippen LogP contribution in [0.15, 0.2) is 36.4 Å². The molecule has 0 radical (unpaired) electrons. The zero-order chi connectivity index (χ0) is 20.2. The molecule has 1 amide bonds. The Morgan fingerprint density at radius 1 is 1.00 bits per heavy atom. The summed E-state index contributed by atoms with van der Waals surface area (Å²) in [6.45, 7) is 4.14. The van der Waals surface area contributed by atoms with Crippen LogP contribution in [0.25, 0.3) is 6.08 Å². The first kappa shape index (κ1) is 19.5. The molecule has 0 fully saturated rings. The third kappa shape index (κ3) is 4.59. The summed E-state index contributed by atoms with van der Waals surface area (Å²) in [4.78, 5) is 12.4. The minimum absolute atomic E-state index is 0.187. The zero-order valence-corrected chi connectivity index (χ0v) is 16.8. The van der Waals surface area contributed by atoms with Crippen LogP contribution in [0.2, 0.25) is 5.02 Å². The number of hydrogen-bond donors (Lipinski definition) is 1. The molecule has 1 atom stereocenters. The predicted octanol–water partition coefficient (Wildman–Crippen LogP) is 4.16. The van der Waals surface area contributed by atoms with E-state index in [-0.39, 0.29) is 11.9 Å². The highest BCUT2D eigenvalue weighted by Gasteiger charge is 2.17. The first-order chi connectivity index (χ1) is 14.1. The van der Waals surface area contributed by atoms with Crippen molar-refractivity contribution in [2.45, 2.75) is 19.4 Å². The first-order valence-electron chi connectivity index (χ1n) is 9.57. The largest absolute Gasteiger partial charge is 0.490 e. The van der Waals surface area contributed by atoms with Crippen LogP contribution in [0.1, 0.15) is 30.5 Å². The van der Waals surface area contributed by atoms with E-state index in [4.69, 9.17) is 30.5 Å². The van der Waals surface area contributed by atoms with Crippen molar-refractivity contribution < 1.29 is 23.7 Å². The Labute approximate surface area is 174 Å². The van der Waals surface area contributed by atoms with Crippen molar-refractivity contribution in [1.82, 2.24) is 5.32 Å². The van der Waals surface area contributed by atoms with Crippen molar-refractivity contribution in [3.63, 3.8) is 0 Å². The van der Waals surface area contributed by atoms with Crippen LogP contribution in [0.5, 0.6) is 23.0 Å². The third-order valence-corrected chi connectivity index (χ3v) is 4.96. The molecule has 4 rings (SSSR count). The van der Waals surface area contributed by atoms with Gasteiger partial charge in [0.25, 0.3) is 0 Å². The summed E-state index contributed by atoms with van der Waals surface area (Å²) >= 11 is 6.24. The molecule has 2 aromatic rings. The molecule has 0 bridgehead atoms. The summed E-state index contributed by atoms with van der Waals surface area (Å²) in [6.07, 6.45) is 4.02. The van der Waals surface area contributed by atoms with Gasteiger partial charge in [0.1, 0.15) is 13.2 Å². The lowest BCUT2D eigenvalue weighted by Gasteiger charge is -2.19. The molecule has 2 aromatic carbocycles. The Hall–Kier alpha value is -2.86. The van der Waals surface area contributed by atoms with Crippen LogP contribution < -0.4 is 24.3 Å². The molecule has 0 saturated heterocycles. The number of fused-ring (bicyclic) bond motifs is 2. The standard InChI is InChI=1S/C22H22ClNO5/c1-14(16-4-5-18-19(13-16)27-8-2-7-26-18)24-21(25)6-3-15-11-17(23)22-20(12-15)28-9-10-29-22/h3-6,11-14H,2,7-10H2,1H3,(H,24,25)/b6-3+. The van der Waals surface area contributed by atoms with E-state index in [1.54, 1.807) is 18.2 Å². The van der Waals surface area contributed by atoms with Gasteiger partial charge in [-0.2, -0.15) is 0 Å². The number of nitrogens with one attached hydrogen (secondary N) is 1. The van der Waals surface area contributed by atoms with Crippen LogP contribution in [0.4, 0.5) is 0 Å². The molecule has 1 unspecified atom stereocenters. The van der Waals surface area contributed by atoms with E-state index in [0.29, 0.717) is 48.7 Å². The molecule has 0 spiro atoms. The van der Waals surface area contributed by atoms with Gasteiger partial charge < -0.3 is 24.3 Å². The lowest BCUT2D eigenvalue weighted by atomic mass is 10.1. The van der Waals surface area contributed by atoms with Gasteiger partial charge in [0, 0.05) is 12.5 Å². The van der Waals surface area contributed by atoms with E-state index in [0.717, 1.165) is 23.3 Å². The molecule has 1 N–H and O–H groups in total. The molecule has 2 heterocycles. The number of carbonyl (C=O) groups excluding carboxylic acids is 1. The van der Waals surface area contributed by atoms with Crippen molar-refractivity contribution in [2.24, 2.45) is 0 Å². The average molecular weight is 416 g/mol. The van der Waals surface area contributed by atoms with Gasteiger partial charge in [0.05, 0.1) is 24.3 Å². The molecule has 6 nitrogen and oxygen atoms in total. The highest BCUT2D eigenvalue weighted by atomic mass is 35.5. The minimum atomic E-state index is -0.212. The fourth-order valence-electron chi connectivity index (χ4n) is 3.19. The predicted molar refractivity (Wildman–Crippen MR) is 110 cm³/mol. The summed E-state index contributed by atoms with van der Waals surface area (Å²) in [5, 5.41) is 3.42. The van der Waals surface area contributed by atoms with E-state index in [2.05, 4.69) is 5.32 Å². The van der Waals surface area contributed by atoms with E-state index < -0.39 is 0 Å². The van der Waals surface area contributed by atoms with Crippen LogP contribution >= 0.6 is 11.6 Å². The second kappa shape index (κ2) is 8.66. The number of carbonyl (C=O) groups is 1. The molecule has 0 aliphatic carbocycles. The summed E-state index contributed by atoms with van der Waals surface area (Å²) in [7, 11) is 0. The van der Waals surface area contributed by atoms with Crippen LogP contribution in [0, 0.1) is 0 Å². The summed E-state index contributed by atoms with van der Waals surface area (Å²) in [5.41, 5.74) is 1.70. The molecular formula is C22H22ClNO5. The second-order valence-electron chi connectivity index (χ2n) is 6.85. The van der Waals surface area contributed by atoms with Crippen LogP contribution in [-0.2, 0) is 4.79 Å². The van der Waals surface area contributed by atoms with Crippen molar-refractivity contribution in [1.29, 1.82) is 0 Å². The molecule has 0 aromatic heterocycles. The van der Waals surface area contributed by atoms with Gasteiger partial charge >= 0.3 is 0 Å². The SMILES string of the molecule is CC(NC(=O)/C=C/c1cc(Cl)c2c(c1)OCCO2)c1ccc2c(c1)OCCCO2. The number of ether oxygens (including phenoxy) is 4. The van der Waals surface area contributed by atoms with Gasteiger partial charge in [-0.05, 0) is 48.4 Å². The van der Waals surface area contributed by atoms with Gasteiger partial charge in [-0.15, -0.1) is 0 Å². The van der Waals surface area contributed by atoms with E-state index in [1.165, 1.54) is 6.08 Å². The Kier molecular flexibility index (Phi) is 5.81. The van der Waals surface area contributed by atoms with Crippen LogP contribution in [0.3, 0.4) is 0 Å². The van der Waals surface area contributed by atoms with Crippen molar-refractivity contribution in [3.8, 4) is 23.0 Å². The summed E-state index contributed by atoms with van der Waals surface area (Å²) < 4.78 is 22.4. The Morgan fingerprint density at radius 2 is 1.76 bits per heavy atom. The molecule has 2 aliphatic rings. The van der Waals surface area contributed by atoms with E-state index in [1.807, 2.05) is 25.1 Å². The maximum atomic E-state index is 12.4. The fraction of sp³-hybridized carbons (Fsp3) is 0.318. The minimum Gasteiger partial charge on any atom is -0.490 e. The molecular weight excluding hydrogens is 394 g/mol. The Bertz CT molecular complexity index is 943. The lowest BCUT2D eigenvalue weighted by molar-refractivity contribution is -0.117. The Balaban J connectivity index is 1.42. The first-order valence-corrected chi connectivity index (χ1v) is 9.95. The van der Waals surface area contributed by atoms with Gasteiger partial charge in [0.2, 0.25) is 5.91 Å². The smallest absolute Gasteiger partial charge is 0.244 e. The number of halogens is 1. The second-order valence-corrected chi connectivity index (χ2v) is 7.25. The molecule has 2 aliphatic heterocycles. The fourth-order valence-corrected chi connectivity index (χ4v) is 3.47. The highest BCUT2D eigenvalue weighted by Crippen LogP contribution is 2.38. The molecule has 7 heteroatoms. The maximum absolute atomic E-state index is 12.4. The molecule has 0 saturated carbocycles. The van der Waals surface area contributed by atoms with Gasteiger partial charge in [0.15, 0.2) is 23.0 Å². The van der Waals surface area contributed by atoms with E-state index in [9.17, 15) is 4.79 Å². The van der Waals surface area contributed by atoms with Crippen molar-refractivity contribution >= 4 is 23.6 Å². The number of rotatable bonds is 4. The average Bonchev–Trinajstić information content (AvgIpc) is 2.97. The van der Waals surface area contributed by atoms with Crippen molar-refractivity contribution in [2.75, 3.05) is 26.4 Å². The third-order valence-electron chi connectivity index (χ3n) is 4.68. The Morgan fingerprint density at radius 3 is 2.62 bits per heavy atom. The monoisotopic (exact) mass is 415 g/mol. The number of amides is 1. The quantitative estimate of drug-likeness (QED) is 0.759. The number of benzene rings is 2. The van der Waals surface area contributed by atoms with Crippen LogP contribution in [-0.4, -0.2) is 32.3 Å². The highest BCUT2D eigenvalue weighted by molar-refractivity contribution is 6.32. The lowest BCUT2D eigenvalue weighted by Crippen LogP contribution is -2.24. The molecule has 152 valence electrons. The van der Waals surface area contributed by atoms with Gasteiger partial charge in [-0.3, -0.25) is 4.79 Å². The molecule has 29 heavy (non-hydrogen) atoms. The maximum Gasteiger partial charge on any atom is 0.244 e. The van der Waals surface area contributed by atoms with Gasteiger partial charge in [-0.1, -0.05) is 17.7 Å². The zero-order valence-electron chi connectivity index (χ0n) is 16.1. The summed E-state index contributed by atoms with van der Waals surface area (Å²) in [6, 6.07) is 9.08. The van der Waals surface area contributed by atoms with Crippen molar-refractivity contribution in [3.05, 3.63) is 52.6 Å².